The second-order valence-corrected chi connectivity index (χ2v) is 4.84. The first-order valence-electron chi connectivity index (χ1n) is 3.63. The van der Waals surface area contributed by atoms with Crippen LogP contribution < -0.4 is 0 Å². The summed E-state index contributed by atoms with van der Waals surface area (Å²) >= 11 is 4.25. The predicted molar refractivity (Wildman–Crippen MR) is 60.3 cm³/mol. The summed E-state index contributed by atoms with van der Waals surface area (Å²) in [6.07, 6.45) is 0. The van der Waals surface area contributed by atoms with E-state index in [9.17, 15) is 0 Å². The van der Waals surface area contributed by atoms with Crippen LogP contribution in [0.3, 0.4) is 0 Å². The lowest BCUT2D eigenvalue weighted by Gasteiger charge is -2.01. The zero-order valence-electron chi connectivity index (χ0n) is 6.73. The Labute approximate surface area is 85.9 Å². The molecule has 0 aliphatic carbocycles. The molecule has 0 atom stereocenters. The van der Waals surface area contributed by atoms with Crippen LogP contribution in [-0.4, -0.2) is 5.75 Å². The first kappa shape index (κ1) is 9.39. The van der Waals surface area contributed by atoms with Crippen LogP contribution >= 0.6 is 34.4 Å². The Morgan fingerprint density at radius 3 is 2.73 bits per heavy atom. The average Bonchev–Trinajstić information content (AvgIpc) is 1.98. The number of thioether (sulfide) groups is 1. The van der Waals surface area contributed by atoms with Gasteiger partial charge < -0.3 is 0 Å². The second-order valence-electron chi connectivity index (χ2n) is 2.34. The highest BCUT2D eigenvalue weighted by molar-refractivity contribution is 14.1. The number of hydrogen-bond donors (Lipinski definition) is 0. The highest BCUT2D eigenvalue weighted by Crippen LogP contribution is 2.21. The normalized spacial score (nSPS) is 10.1. The van der Waals surface area contributed by atoms with E-state index in [4.69, 9.17) is 0 Å². The van der Waals surface area contributed by atoms with Gasteiger partial charge in [-0.15, -0.1) is 11.8 Å². The predicted octanol–water partition coefficient (Wildman–Crippen LogP) is 3.71. The molecule has 0 N–H and O–H groups in total. The van der Waals surface area contributed by atoms with Crippen molar-refractivity contribution in [3.63, 3.8) is 0 Å². The maximum atomic E-state index is 2.36. The fraction of sp³-hybridized carbons (Fsp3) is 0.333. The van der Waals surface area contributed by atoms with E-state index in [0.29, 0.717) is 0 Å². The maximum absolute atomic E-state index is 2.36. The van der Waals surface area contributed by atoms with Gasteiger partial charge in [0.1, 0.15) is 0 Å². The molecule has 0 saturated heterocycles. The van der Waals surface area contributed by atoms with Gasteiger partial charge in [-0.2, -0.15) is 0 Å². The van der Waals surface area contributed by atoms with E-state index in [1.54, 1.807) is 0 Å². The third kappa shape index (κ3) is 2.67. The van der Waals surface area contributed by atoms with Crippen LogP contribution in [0.1, 0.15) is 12.5 Å². The maximum Gasteiger partial charge on any atom is 0.0160 e. The van der Waals surface area contributed by atoms with Crippen molar-refractivity contribution >= 4 is 34.4 Å². The van der Waals surface area contributed by atoms with E-state index < -0.39 is 0 Å². The van der Waals surface area contributed by atoms with Crippen molar-refractivity contribution in [2.45, 2.75) is 18.7 Å². The molecule has 0 heterocycles. The van der Waals surface area contributed by atoms with Crippen molar-refractivity contribution in [3.05, 3.63) is 27.3 Å². The molecule has 1 aromatic rings. The molecule has 0 fully saturated rings. The molecular formula is C9H11IS. The van der Waals surface area contributed by atoms with Gasteiger partial charge in [-0.05, 0) is 59.0 Å². The molecule has 0 amide bonds. The Morgan fingerprint density at radius 2 is 2.18 bits per heavy atom. The van der Waals surface area contributed by atoms with E-state index >= 15 is 0 Å². The summed E-state index contributed by atoms with van der Waals surface area (Å²) in [6, 6.07) is 6.60. The summed E-state index contributed by atoms with van der Waals surface area (Å²) < 4.78 is 1.35. The van der Waals surface area contributed by atoms with E-state index in [1.807, 2.05) is 11.8 Å². The summed E-state index contributed by atoms with van der Waals surface area (Å²) in [4.78, 5) is 1.38. The number of rotatable bonds is 2. The van der Waals surface area contributed by atoms with Crippen LogP contribution in [0.5, 0.6) is 0 Å². The van der Waals surface area contributed by atoms with Crippen LogP contribution in [0.4, 0.5) is 0 Å². The largest absolute Gasteiger partial charge is 0.126 e. The van der Waals surface area contributed by atoms with Gasteiger partial charge in [0.2, 0.25) is 0 Å². The minimum Gasteiger partial charge on any atom is -0.126 e. The van der Waals surface area contributed by atoms with Crippen LogP contribution in [0.25, 0.3) is 0 Å². The zero-order valence-corrected chi connectivity index (χ0v) is 9.70. The molecule has 0 nitrogen and oxygen atoms in total. The lowest BCUT2D eigenvalue weighted by Crippen LogP contribution is -1.80. The molecule has 0 aromatic heterocycles. The molecule has 0 spiro atoms. The van der Waals surface area contributed by atoms with E-state index in [0.717, 1.165) is 5.75 Å². The van der Waals surface area contributed by atoms with Crippen molar-refractivity contribution < 1.29 is 0 Å². The Balaban J connectivity index is 2.86. The number of halogens is 1. The fourth-order valence-electron chi connectivity index (χ4n) is 0.874. The molecular weight excluding hydrogens is 267 g/mol. The van der Waals surface area contributed by atoms with Crippen LogP contribution in [0.15, 0.2) is 23.1 Å². The number of hydrogen-bond acceptors (Lipinski definition) is 1. The fourth-order valence-corrected chi connectivity index (χ4v) is 1.97. The minimum absolute atomic E-state index is 1.15. The monoisotopic (exact) mass is 278 g/mol. The van der Waals surface area contributed by atoms with Crippen molar-refractivity contribution in [2.24, 2.45) is 0 Å². The van der Waals surface area contributed by atoms with Gasteiger partial charge in [0.25, 0.3) is 0 Å². The van der Waals surface area contributed by atoms with Gasteiger partial charge in [0.15, 0.2) is 0 Å². The SMILES string of the molecule is CCSc1ccc(I)c(C)c1. The Hall–Kier alpha value is 0.300. The summed E-state index contributed by atoms with van der Waals surface area (Å²) in [7, 11) is 0. The molecule has 0 unspecified atom stereocenters. The number of benzene rings is 1. The molecule has 0 aliphatic rings. The zero-order chi connectivity index (χ0) is 8.27. The molecule has 0 saturated carbocycles. The average molecular weight is 278 g/mol. The topological polar surface area (TPSA) is 0 Å². The Kier molecular flexibility index (Phi) is 3.72. The highest BCUT2D eigenvalue weighted by Gasteiger charge is 1.95. The van der Waals surface area contributed by atoms with Crippen molar-refractivity contribution in [1.29, 1.82) is 0 Å². The van der Waals surface area contributed by atoms with Crippen LogP contribution in [0.2, 0.25) is 0 Å². The van der Waals surface area contributed by atoms with E-state index in [1.165, 1.54) is 14.0 Å². The third-order valence-electron chi connectivity index (χ3n) is 1.44. The molecule has 0 bridgehead atoms. The number of aryl methyl sites for hydroxylation is 1. The first-order chi connectivity index (χ1) is 5.24. The van der Waals surface area contributed by atoms with Gasteiger partial charge in [0, 0.05) is 8.47 Å². The molecule has 0 aliphatic heterocycles. The van der Waals surface area contributed by atoms with Crippen molar-refractivity contribution in [3.8, 4) is 0 Å². The van der Waals surface area contributed by atoms with Crippen molar-refractivity contribution in [1.82, 2.24) is 0 Å². The van der Waals surface area contributed by atoms with Gasteiger partial charge in [-0.25, -0.2) is 0 Å². The summed E-state index contributed by atoms with van der Waals surface area (Å²) in [5, 5.41) is 0. The van der Waals surface area contributed by atoms with E-state index in [-0.39, 0.29) is 0 Å². The Morgan fingerprint density at radius 1 is 1.45 bits per heavy atom. The van der Waals surface area contributed by atoms with Crippen molar-refractivity contribution in [2.75, 3.05) is 5.75 Å². The second kappa shape index (κ2) is 4.36. The lowest BCUT2D eigenvalue weighted by atomic mass is 10.2. The van der Waals surface area contributed by atoms with Crippen LogP contribution in [0, 0.1) is 10.5 Å². The lowest BCUT2D eigenvalue weighted by molar-refractivity contribution is 1.32. The molecule has 1 rings (SSSR count). The first-order valence-corrected chi connectivity index (χ1v) is 5.69. The highest BCUT2D eigenvalue weighted by atomic mass is 127. The molecule has 60 valence electrons. The van der Waals surface area contributed by atoms with Gasteiger partial charge in [-0.3, -0.25) is 0 Å². The minimum atomic E-state index is 1.15. The Bertz CT molecular complexity index is 245. The molecule has 1 aromatic carbocycles. The van der Waals surface area contributed by atoms with Gasteiger partial charge in [-0.1, -0.05) is 6.92 Å². The van der Waals surface area contributed by atoms with Crippen LogP contribution in [-0.2, 0) is 0 Å². The van der Waals surface area contributed by atoms with Gasteiger partial charge in [0.05, 0.1) is 0 Å². The standard InChI is InChI=1S/C9H11IS/c1-3-11-8-4-5-9(10)7(2)6-8/h4-6H,3H2,1-2H3. The summed E-state index contributed by atoms with van der Waals surface area (Å²) in [5.74, 6) is 1.15. The molecule has 11 heavy (non-hydrogen) atoms. The molecule has 0 radical (unpaired) electrons. The smallest absolute Gasteiger partial charge is 0.0160 e. The third-order valence-corrected chi connectivity index (χ3v) is 3.53. The summed E-state index contributed by atoms with van der Waals surface area (Å²) in [6.45, 7) is 4.33. The summed E-state index contributed by atoms with van der Waals surface area (Å²) in [5.41, 5.74) is 1.38. The quantitative estimate of drug-likeness (QED) is 0.587. The molecule has 2 heteroatoms. The van der Waals surface area contributed by atoms with Gasteiger partial charge >= 0.3 is 0 Å². The van der Waals surface area contributed by atoms with E-state index in [2.05, 4.69) is 54.6 Å².